The van der Waals surface area contributed by atoms with Crippen molar-refractivity contribution in [1.82, 2.24) is 0 Å². The number of anilines is 2. The molecule has 0 spiro atoms. The van der Waals surface area contributed by atoms with E-state index in [1.54, 1.807) is 0 Å². The van der Waals surface area contributed by atoms with Gasteiger partial charge < -0.3 is 9.32 Å². The van der Waals surface area contributed by atoms with Gasteiger partial charge in [-0.1, -0.05) is 146 Å². The summed E-state index contributed by atoms with van der Waals surface area (Å²) in [6.45, 7) is 2.27. The van der Waals surface area contributed by atoms with Crippen LogP contribution in [0.3, 0.4) is 0 Å². The molecule has 2 heteroatoms. The van der Waals surface area contributed by atoms with E-state index in [1.165, 1.54) is 72.2 Å². The van der Waals surface area contributed by atoms with E-state index in [1.807, 2.05) is 0 Å². The zero-order chi connectivity index (χ0) is 33.9. The molecule has 2 bridgehead atoms. The molecular formula is C49H35NO. The van der Waals surface area contributed by atoms with Crippen LogP contribution in [-0.4, -0.2) is 0 Å². The van der Waals surface area contributed by atoms with E-state index in [0.29, 0.717) is 0 Å². The Morgan fingerprint density at radius 1 is 0.549 bits per heavy atom. The SMILES string of the molecule is CC1/C=C(c2ccc3ccccc3c2)\C=C2/CC(=Cc3c1oc1c3ccc3ccccc31)c1ccccc1N2c1ccccc1-c1ccccc1. The van der Waals surface area contributed by atoms with Crippen LogP contribution in [0.15, 0.2) is 180 Å². The van der Waals surface area contributed by atoms with Gasteiger partial charge in [-0.25, -0.2) is 0 Å². The van der Waals surface area contributed by atoms with Crippen molar-refractivity contribution in [2.75, 3.05) is 4.90 Å². The number of fused-ring (bicyclic) bond motifs is 10. The van der Waals surface area contributed by atoms with Gasteiger partial charge in [-0.05, 0) is 74.8 Å². The van der Waals surface area contributed by atoms with Crippen molar-refractivity contribution in [2.45, 2.75) is 19.3 Å². The van der Waals surface area contributed by atoms with Crippen LogP contribution in [0, 0.1) is 0 Å². The standard InChI is InChI=1S/C49H35NO/c1-32-27-38(37-24-23-33-13-5-6-17-36(33)28-37)29-40-30-39(31-45-44-26-25-35-16-7-8-20-43(35)49(44)51-48(32)45)42-19-10-12-22-47(42)50(40)46-21-11-9-18-41(46)34-14-3-2-4-15-34/h2-29,31-32H,30H2,1H3/b38-27+,39-31?,40-29+. The van der Waals surface area contributed by atoms with Crippen molar-refractivity contribution in [3.05, 3.63) is 198 Å². The maximum absolute atomic E-state index is 6.96. The first-order valence-electron chi connectivity index (χ1n) is 17.8. The van der Waals surface area contributed by atoms with Crippen molar-refractivity contribution >= 4 is 61.1 Å². The first kappa shape index (κ1) is 29.5. The predicted octanol–water partition coefficient (Wildman–Crippen LogP) is 13.6. The molecule has 0 amide bonds. The zero-order valence-corrected chi connectivity index (χ0v) is 28.4. The van der Waals surface area contributed by atoms with Crippen LogP contribution in [0.5, 0.6) is 0 Å². The van der Waals surface area contributed by atoms with Gasteiger partial charge in [0.2, 0.25) is 0 Å². The van der Waals surface area contributed by atoms with Gasteiger partial charge in [0, 0.05) is 45.5 Å². The lowest BCUT2D eigenvalue weighted by molar-refractivity contribution is 0.538. The summed E-state index contributed by atoms with van der Waals surface area (Å²) in [6.07, 6.45) is 8.00. The minimum absolute atomic E-state index is 0.0143. The number of benzene rings is 7. The average molecular weight is 654 g/mol. The molecule has 51 heavy (non-hydrogen) atoms. The quantitative estimate of drug-likeness (QED) is 0.189. The van der Waals surface area contributed by atoms with E-state index in [9.17, 15) is 0 Å². The topological polar surface area (TPSA) is 16.4 Å². The van der Waals surface area contributed by atoms with Crippen molar-refractivity contribution in [3.63, 3.8) is 0 Å². The summed E-state index contributed by atoms with van der Waals surface area (Å²) < 4.78 is 6.96. The third-order valence-corrected chi connectivity index (χ3v) is 10.6. The second-order valence-electron chi connectivity index (χ2n) is 13.7. The molecule has 2 heterocycles. The van der Waals surface area contributed by atoms with Gasteiger partial charge in [0.25, 0.3) is 0 Å². The zero-order valence-electron chi connectivity index (χ0n) is 28.4. The molecule has 8 aromatic rings. The number of allylic oxidation sites excluding steroid dienone is 4. The van der Waals surface area contributed by atoms with E-state index in [0.717, 1.165) is 28.5 Å². The number of hydrogen-bond donors (Lipinski definition) is 0. The fourth-order valence-electron chi connectivity index (χ4n) is 8.17. The van der Waals surface area contributed by atoms with Crippen LogP contribution in [0.2, 0.25) is 0 Å². The average Bonchev–Trinajstić information content (AvgIpc) is 3.56. The van der Waals surface area contributed by atoms with Gasteiger partial charge >= 0.3 is 0 Å². The Balaban J connectivity index is 1.28. The molecule has 7 aromatic carbocycles. The number of hydrogen-bond acceptors (Lipinski definition) is 2. The minimum Gasteiger partial charge on any atom is -0.459 e. The molecule has 2 aliphatic rings. The van der Waals surface area contributed by atoms with Crippen LogP contribution in [0.25, 0.3) is 60.9 Å². The second-order valence-corrected chi connectivity index (χ2v) is 13.7. The molecule has 0 saturated heterocycles. The summed E-state index contributed by atoms with van der Waals surface area (Å²) in [6, 6.07) is 56.9. The number of nitrogens with zero attached hydrogens (tertiary/aromatic N) is 1. The maximum atomic E-state index is 6.96. The highest BCUT2D eigenvalue weighted by Gasteiger charge is 2.30. The molecule has 0 N–H and O–H groups in total. The lowest BCUT2D eigenvalue weighted by Gasteiger charge is -2.37. The van der Waals surface area contributed by atoms with Gasteiger partial charge in [-0.2, -0.15) is 0 Å². The maximum Gasteiger partial charge on any atom is 0.142 e. The minimum atomic E-state index is 0.0143. The summed E-state index contributed by atoms with van der Waals surface area (Å²) in [5.74, 6) is 1.01. The molecule has 1 aliphatic heterocycles. The van der Waals surface area contributed by atoms with E-state index < -0.39 is 0 Å². The van der Waals surface area contributed by atoms with Gasteiger partial charge in [0.15, 0.2) is 0 Å². The summed E-state index contributed by atoms with van der Waals surface area (Å²) in [7, 11) is 0. The summed E-state index contributed by atoms with van der Waals surface area (Å²) in [4.78, 5) is 2.50. The highest BCUT2D eigenvalue weighted by molar-refractivity contribution is 6.09. The van der Waals surface area contributed by atoms with Gasteiger partial charge in [0.1, 0.15) is 11.3 Å². The van der Waals surface area contributed by atoms with Gasteiger partial charge in [0.05, 0.1) is 11.4 Å². The number of rotatable bonds is 3. The van der Waals surface area contributed by atoms with Crippen LogP contribution in [0.1, 0.15) is 41.7 Å². The first-order chi connectivity index (χ1) is 25.2. The Morgan fingerprint density at radius 3 is 2.06 bits per heavy atom. The number of furan rings is 1. The fraction of sp³-hybridized carbons (Fsp3) is 0.0612. The number of para-hydroxylation sites is 2. The molecule has 242 valence electrons. The van der Waals surface area contributed by atoms with Crippen molar-refractivity contribution in [2.24, 2.45) is 0 Å². The fourth-order valence-corrected chi connectivity index (χ4v) is 8.17. The van der Waals surface area contributed by atoms with Gasteiger partial charge in [-0.3, -0.25) is 0 Å². The predicted molar refractivity (Wildman–Crippen MR) is 215 cm³/mol. The molecule has 0 saturated carbocycles. The molecule has 0 fully saturated rings. The normalized spacial score (nSPS) is 17.6. The van der Waals surface area contributed by atoms with E-state index in [4.69, 9.17) is 4.42 Å². The Hall–Kier alpha value is -6.38. The highest BCUT2D eigenvalue weighted by Crippen LogP contribution is 2.50. The Kier molecular flexibility index (Phi) is 6.89. The second kappa shape index (κ2) is 11.9. The van der Waals surface area contributed by atoms with E-state index in [-0.39, 0.29) is 5.92 Å². The lowest BCUT2D eigenvalue weighted by Crippen LogP contribution is -2.23. The summed E-state index contributed by atoms with van der Waals surface area (Å²) in [5, 5.41) is 5.96. The third kappa shape index (κ3) is 4.94. The van der Waals surface area contributed by atoms with E-state index in [2.05, 4.69) is 188 Å². The lowest BCUT2D eigenvalue weighted by atomic mass is 9.86. The smallest absolute Gasteiger partial charge is 0.142 e. The Morgan fingerprint density at radius 2 is 1.22 bits per heavy atom. The van der Waals surface area contributed by atoms with Crippen LogP contribution in [-0.2, 0) is 0 Å². The Labute approximate surface area is 297 Å². The van der Waals surface area contributed by atoms with E-state index >= 15 is 0 Å². The first-order valence-corrected chi connectivity index (χ1v) is 17.8. The monoisotopic (exact) mass is 653 g/mol. The third-order valence-electron chi connectivity index (χ3n) is 10.6. The largest absolute Gasteiger partial charge is 0.459 e. The molecule has 1 aromatic heterocycles. The molecule has 1 aliphatic carbocycles. The van der Waals surface area contributed by atoms with Crippen LogP contribution in [0.4, 0.5) is 11.4 Å². The summed E-state index contributed by atoms with van der Waals surface area (Å²) >= 11 is 0. The molecule has 2 nitrogen and oxygen atoms in total. The van der Waals surface area contributed by atoms with Crippen LogP contribution < -0.4 is 4.90 Å². The van der Waals surface area contributed by atoms with Crippen molar-refractivity contribution < 1.29 is 4.42 Å². The molecule has 1 atom stereocenters. The van der Waals surface area contributed by atoms with Crippen molar-refractivity contribution in [1.29, 1.82) is 0 Å². The van der Waals surface area contributed by atoms with Crippen LogP contribution >= 0.6 is 0 Å². The van der Waals surface area contributed by atoms with Crippen molar-refractivity contribution in [3.8, 4) is 11.1 Å². The highest BCUT2D eigenvalue weighted by atomic mass is 16.3. The molecule has 0 radical (unpaired) electrons. The Bertz CT molecular complexity index is 2740. The summed E-state index contributed by atoms with van der Waals surface area (Å²) in [5.41, 5.74) is 13.0. The molecule has 10 rings (SSSR count). The van der Waals surface area contributed by atoms with Gasteiger partial charge in [-0.15, -0.1) is 0 Å². The molecule has 1 unspecified atom stereocenters. The molecular weight excluding hydrogens is 619 g/mol.